The summed E-state index contributed by atoms with van der Waals surface area (Å²) in [7, 11) is 1.79. The van der Waals surface area contributed by atoms with Crippen LogP contribution in [-0.4, -0.2) is 32.5 Å². The summed E-state index contributed by atoms with van der Waals surface area (Å²) in [6.07, 6.45) is 7.23. The second-order valence-corrected chi connectivity index (χ2v) is 5.89. The molecule has 106 valence electrons. The second kappa shape index (κ2) is 6.79. The molecule has 0 bridgehead atoms. The Morgan fingerprint density at radius 2 is 2.05 bits per heavy atom. The number of anilines is 1. The Labute approximate surface area is 117 Å². The SMILES string of the molecule is Cn1c(N)nnc1SCC(=O)NC1CCCCCC1. The first-order valence-electron chi connectivity index (χ1n) is 6.74. The number of carbonyl (C=O) groups excluding carboxylic acids is 1. The summed E-state index contributed by atoms with van der Waals surface area (Å²) in [6.45, 7) is 0. The molecule has 0 spiro atoms. The van der Waals surface area contributed by atoms with Crippen molar-refractivity contribution in [1.29, 1.82) is 0 Å². The number of thioether (sulfide) groups is 1. The van der Waals surface area contributed by atoms with Crippen LogP contribution in [-0.2, 0) is 11.8 Å². The molecule has 6 nitrogen and oxygen atoms in total. The van der Waals surface area contributed by atoms with Crippen molar-refractivity contribution in [3.63, 3.8) is 0 Å². The predicted octanol–water partition coefficient (Wildman–Crippen LogP) is 1.33. The summed E-state index contributed by atoms with van der Waals surface area (Å²) < 4.78 is 1.68. The van der Waals surface area contributed by atoms with Crippen molar-refractivity contribution in [2.75, 3.05) is 11.5 Å². The number of nitrogens with one attached hydrogen (secondary N) is 1. The van der Waals surface area contributed by atoms with Crippen LogP contribution in [0.15, 0.2) is 5.16 Å². The van der Waals surface area contributed by atoms with Crippen LogP contribution < -0.4 is 11.1 Å². The van der Waals surface area contributed by atoms with Gasteiger partial charge in [-0.2, -0.15) is 0 Å². The first kappa shape index (κ1) is 14.2. The topological polar surface area (TPSA) is 85.8 Å². The quantitative estimate of drug-likeness (QED) is 0.643. The van der Waals surface area contributed by atoms with E-state index in [0.29, 0.717) is 22.9 Å². The van der Waals surface area contributed by atoms with Gasteiger partial charge in [-0.05, 0) is 12.8 Å². The fraction of sp³-hybridized carbons (Fsp3) is 0.750. The lowest BCUT2D eigenvalue weighted by molar-refractivity contribution is -0.119. The third kappa shape index (κ3) is 4.12. The highest BCUT2D eigenvalue weighted by molar-refractivity contribution is 7.99. The highest BCUT2D eigenvalue weighted by Gasteiger charge is 2.15. The van der Waals surface area contributed by atoms with Gasteiger partial charge in [0.2, 0.25) is 11.9 Å². The van der Waals surface area contributed by atoms with Crippen molar-refractivity contribution in [2.24, 2.45) is 7.05 Å². The molecule has 1 aliphatic carbocycles. The van der Waals surface area contributed by atoms with Crippen molar-refractivity contribution >= 4 is 23.6 Å². The predicted molar refractivity (Wildman–Crippen MR) is 75.8 cm³/mol. The molecule has 0 aromatic carbocycles. The number of hydrogen-bond acceptors (Lipinski definition) is 5. The van der Waals surface area contributed by atoms with Crippen LogP contribution in [0.25, 0.3) is 0 Å². The van der Waals surface area contributed by atoms with E-state index in [1.807, 2.05) is 0 Å². The van der Waals surface area contributed by atoms with E-state index in [2.05, 4.69) is 15.5 Å². The van der Waals surface area contributed by atoms with Crippen LogP contribution in [0.2, 0.25) is 0 Å². The van der Waals surface area contributed by atoms with Crippen molar-refractivity contribution in [2.45, 2.75) is 49.7 Å². The molecule has 19 heavy (non-hydrogen) atoms. The van der Waals surface area contributed by atoms with E-state index in [9.17, 15) is 4.79 Å². The van der Waals surface area contributed by atoms with Gasteiger partial charge in [-0.3, -0.25) is 9.36 Å². The second-order valence-electron chi connectivity index (χ2n) is 4.94. The largest absolute Gasteiger partial charge is 0.368 e. The number of nitrogens with zero attached hydrogens (tertiary/aromatic N) is 3. The summed E-state index contributed by atoms with van der Waals surface area (Å²) in [5, 5.41) is 11.5. The minimum absolute atomic E-state index is 0.0680. The fourth-order valence-corrected chi connectivity index (χ4v) is 3.00. The average Bonchev–Trinajstić information content (AvgIpc) is 2.60. The Hall–Kier alpha value is -1.24. The number of nitrogen functional groups attached to an aromatic ring is 1. The number of hydrogen-bond donors (Lipinski definition) is 2. The van der Waals surface area contributed by atoms with E-state index in [4.69, 9.17) is 5.73 Å². The van der Waals surface area contributed by atoms with Gasteiger partial charge in [-0.15, -0.1) is 10.2 Å². The Morgan fingerprint density at radius 3 is 2.63 bits per heavy atom. The van der Waals surface area contributed by atoms with Gasteiger partial charge in [0.1, 0.15) is 0 Å². The Balaban J connectivity index is 1.76. The molecule has 1 aromatic rings. The van der Waals surface area contributed by atoms with Crippen molar-refractivity contribution < 1.29 is 4.79 Å². The monoisotopic (exact) mass is 283 g/mol. The number of rotatable bonds is 4. The molecule has 0 radical (unpaired) electrons. The van der Waals surface area contributed by atoms with E-state index in [0.717, 1.165) is 12.8 Å². The lowest BCUT2D eigenvalue weighted by Crippen LogP contribution is -2.35. The van der Waals surface area contributed by atoms with Crippen molar-refractivity contribution in [3.05, 3.63) is 0 Å². The fourth-order valence-electron chi connectivity index (χ4n) is 2.27. The molecular formula is C12H21N5OS. The lowest BCUT2D eigenvalue weighted by atomic mass is 10.1. The molecule has 1 aliphatic rings. The molecule has 0 aliphatic heterocycles. The van der Waals surface area contributed by atoms with Gasteiger partial charge in [-0.25, -0.2) is 0 Å². The highest BCUT2D eigenvalue weighted by Crippen LogP contribution is 2.19. The Morgan fingerprint density at radius 1 is 1.37 bits per heavy atom. The number of carbonyl (C=O) groups is 1. The van der Waals surface area contributed by atoms with E-state index >= 15 is 0 Å². The van der Waals surface area contributed by atoms with Crippen molar-refractivity contribution in [3.8, 4) is 0 Å². The molecule has 7 heteroatoms. The summed E-state index contributed by atoms with van der Waals surface area (Å²) in [5.41, 5.74) is 5.59. The molecule has 1 heterocycles. The van der Waals surface area contributed by atoms with Crippen LogP contribution in [0.5, 0.6) is 0 Å². The van der Waals surface area contributed by atoms with E-state index in [-0.39, 0.29) is 5.91 Å². The summed E-state index contributed by atoms with van der Waals surface area (Å²) in [4.78, 5) is 11.9. The molecule has 0 atom stereocenters. The van der Waals surface area contributed by atoms with Gasteiger partial charge in [0, 0.05) is 13.1 Å². The molecule has 1 amide bonds. The normalized spacial score (nSPS) is 17.1. The number of aromatic nitrogens is 3. The van der Waals surface area contributed by atoms with Crippen molar-refractivity contribution in [1.82, 2.24) is 20.1 Å². The van der Waals surface area contributed by atoms with E-state index < -0.39 is 0 Å². The maximum absolute atomic E-state index is 11.9. The minimum atomic E-state index is 0.0680. The molecule has 1 fully saturated rings. The maximum Gasteiger partial charge on any atom is 0.230 e. The molecule has 0 saturated heterocycles. The minimum Gasteiger partial charge on any atom is -0.368 e. The Bertz CT molecular complexity index is 426. The highest BCUT2D eigenvalue weighted by atomic mass is 32.2. The first-order valence-corrected chi connectivity index (χ1v) is 7.72. The molecule has 1 saturated carbocycles. The average molecular weight is 283 g/mol. The first-order chi connectivity index (χ1) is 9.16. The smallest absolute Gasteiger partial charge is 0.230 e. The molecule has 2 rings (SSSR count). The zero-order valence-electron chi connectivity index (χ0n) is 11.3. The summed E-state index contributed by atoms with van der Waals surface area (Å²) in [5.74, 6) is 0.799. The molecule has 1 aromatic heterocycles. The van der Waals surface area contributed by atoms with Gasteiger partial charge < -0.3 is 11.1 Å². The standard InChI is InChI=1S/C12H21N5OS/c1-17-11(13)15-16-12(17)19-8-10(18)14-9-6-4-2-3-5-7-9/h9H,2-8H2,1H3,(H2,13,15)(H,14,18). The summed E-state index contributed by atoms with van der Waals surface area (Å²) in [6, 6.07) is 0.347. The lowest BCUT2D eigenvalue weighted by Gasteiger charge is -2.15. The molecular weight excluding hydrogens is 262 g/mol. The third-order valence-corrected chi connectivity index (χ3v) is 4.44. The van der Waals surface area contributed by atoms with Gasteiger partial charge in [0.25, 0.3) is 0 Å². The zero-order chi connectivity index (χ0) is 13.7. The van der Waals surface area contributed by atoms with E-state index in [1.54, 1.807) is 11.6 Å². The van der Waals surface area contributed by atoms with Crippen LogP contribution in [0.4, 0.5) is 5.95 Å². The third-order valence-electron chi connectivity index (χ3n) is 3.42. The molecule has 3 N–H and O–H groups in total. The molecule has 0 unspecified atom stereocenters. The Kier molecular flexibility index (Phi) is 5.07. The van der Waals surface area contributed by atoms with Gasteiger partial charge in [0.15, 0.2) is 5.16 Å². The number of nitrogens with two attached hydrogens (primary N) is 1. The van der Waals surface area contributed by atoms with Crippen LogP contribution in [0.3, 0.4) is 0 Å². The summed E-state index contributed by atoms with van der Waals surface area (Å²) >= 11 is 1.37. The van der Waals surface area contributed by atoms with Gasteiger partial charge in [0.05, 0.1) is 5.75 Å². The zero-order valence-corrected chi connectivity index (χ0v) is 12.1. The van der Waals surface area contributed by atoms with Gasteiger partial charge in [-0.1, -0.05) is 37.4 Å². The maximum atomic E-state index is 11.9. The van der Waals surface area contributed by atoms with Crippen LogP contribution in [0, 0.1) is 0 Å². The number of amides is 1. The van der Waals surface area contributed by atoms with Gasteiger partial charge >= 0.3 is 0 Å². The van der Waals surface area contributed by atoms with Crippen LogP contribution in [0.1, 0.15) is 38.5 Å². The van der Waals surface area contributed by atoms with Crippen LogP contribution >= 0.6 is 11.8 Å². The van der Waals surface area contributed by atoms with E-state index in [1.165, 1.54) is 37.4 Å².